The lowest BCUT2D eigenvalue weighted by Crippen LogP contribution is -2.22. The van der Waals surface area contributed by atoms with Crippen LogP contribution in [0.2, 0.25) is 0 Å². The smallest absolute Gasteiger partial charge is 0.111 e. The molecule has 0 N–H and O–H groups in total. The maximum absolute atomic E-state index is 5.86. The number of likely N-dealkylation sites (N-methyl/N-ethyl adjacent to an activating group) is 1. The molecule has 4 heteroatoms. The molecule has 58 valence electrons. The van der Waals surface area contributed by atoms with E-state index in [2.05, 4.69) is 10.3 Å². The number of allylic oxidation sites excluding steroid dienone is 2. The van der Waals surface area contributed by atoms with Crippen LogP contribution in [0.1, 0.15) is 6.42 Å². The molecule has 1 aliphatic heterocycles. The first-order valence-corrected chi connectivity index (χ1v) is 3.86. The van der Waals surface area contributed by atoms with Crippen LogP contribution in [0.5, 0.6) is 0 Å². The van der Waals surface area contributed by atoms with Crippen LogP contribution in [0.4, 0.5) is 0 Å². The fourth-order valence-corrected chi connectivity index (χ4v) is 1.42. The molecular weight excluding hydrogens is 162 g/mol. The van der Waals surface area contributed by atoms with E-state index >= 15 is 0 Å². The van der Waals surface area contributed by atoms with Crippen molar-refractivity contribution in [1.29, 1.82) is 0 Å². The lowest BCUT2D eigenvalue weighted by molar-refractivity contribution is 0.345. The molecule has 0 amide bonds. The van der Waals surface area contributed by atoms with Crippen LogP contribution in [0, 0.1) is 0 Å². The van der Waals surface area contributed by atoms with Crippen molar-refractivity contribution < 1.29 is 0 Å². The summed E-state index contributed by atoms with van der Waals surface area (Å²) in [6, 6.07) is 0.177. The van der Waals surface area contributed by atoms with Gasteiger partial charge in [0.15, 0.2) is 0 Å². The second kappa shape index (κ2) is 2.34. The molecule has 0 saturated carbocycles. The van der Waals surface area contributed by atoms with E-state index in [9.17, 15) is 0 Å². The average molecular weight is 170 g/mol. The van der Waals surface area contributed by atoms with Crippen LogP contribution in [0.25, 0.3) is 0 Å². The maximum Gasteiger partial charge on any atom is 0.111 e. The monoisotopic (exact) mass is 169 g/mol. The molecule has 0 fully saturated rings. The molecule has 0 bridgehead atoms. The van der Waals surface area contributed by atoms with Crippen LogP contribution >= 0.6 is 11.6 Å². The summed E-state index contributed by atoms with van der Waals surface area (Å²) in [7, 11) is 1.89. The van der Waals surface area contributed by atoms with E-state index in [-0.39, 0.29) is 6.04 Å². The van der Waals surface area contributed by atoms with Gasteiger partial charge in [0.25, 0.3) is 0 Å². The highest BCUT2D eigenvalue weighted by atomic mass is 35.5. The number of hydrogen-bond donors (Lipinski definition) is 0. The Morgan fingerprint density at radius 1 is 1.73 bits per heavy atom. The molecule has 1 aliphatic carbocycles. The fraction of sp³-hybridized carbons (Fsp3) is 0.429. The van der Waals surface area contributed by atoms with Crippen LogP contribution < -0.4 is 0 Å². The van der Waals surface area contributed by atoms with E-state index in [0.29, 0.717) is 0 Å². The van der Waals surface area contributed by atoms with Gasteiger partial charge in [-0.2, -0.15) is 0 Å². The second-order valence-corrected chi connectivity index (χ2v) is 3.14. The summed E-state index contributed by atoms with van der Waals surface area (Å²) in [5.74, 6) is 0. The molecule has 0 aromatic carbocycles. The Hall–Kier alpha value is -0.830. The Morgan fingerprint density at radius 3 is 3.36 bits per heavy atom. The van der Waals surface area contributed by atoms with Crippen molar-refractivity contribution in [2.24, 2.45) is 10.3 Å². The lowest BCUT2D eigenvalue weighted by atomic mass is 10.1. The highest BCUT2D eigenvalue weighted by Crippen LogP contribution is 2.28. The first-order chi connectivity index (χ1) is 5.27. The molecule has 3 nitrogen and oxygen atoms in total. The van der Waals surface area contributed by atoms with Gasteiger partial charge in [0.2, 0.25) is 0 Å². The zero-order valence-electron chi connectivity index (χ0n) is 6.16. The summed E-state index contributed by atoms with van der Waals surface area (Å²) in [5, 5.41) is 10.6. The summed E-state index contributed by atoms with van der Waals surface area (Å²) < 4.78 is 0. The van der Waals surface area contributed by atoms with E-state index in [1.807, 2.05) is 19.2 Å². The second-order valence-electron chi connectivity index (χ2n) is 2.65. The van der Waals surface area contributed by atoms with Crippen molar-refractivity contribution in [2.75, 3.05) is 7.05 Å². The molecule has 0 aromatic heterocycles. The Bertz CT molecular complexity index is 267. The van der Waals surface area contributed by atoms with Gasteiger partial charge in [-0.3, -0.25) is 5.01 Å². The molecule has 11 heavy (non-hydrogen) atoms. The molecular formula is C7H8ClN3. The average Bonchev–Trinajstić information content (AvgIpc) is 2.33. The first-order valence-electron chi connectivity index (χ1n) is 3.48. The highest BCUT2D eigenvalue weighted by molar-refractivity contribution is 6.29. The predicted molar refractivity (Wildman–Crippen MR) is 43.0 cm³/mol. The number of halogens is 1. The molecule has 0 saturated heterocycles. The van der Waals surface area contributed by atoms with E-state index in [1.165, 1.54) is 0 Å². The van der Waals surface area contributed by atoms with Crippen molar-refractivity contribution >= 4 is 11.6 Å². The zero-order valence-corrected chi connectivity index (χ0v) is 6.91. The minimum Gasteiger partial charge on any atom is -0.268 e. The quantitative estimate of drug-likeness (QED) is 0.546. The fourth-order valence-electron chi connectivity index (χ4n) is 1.22. The number of nitrogens with zero attached hydrogens (tertiary/aromatic N) is 3. The minimum atomic E-state index is 0.177. The van der Waals surface area contributed by atoms with Crippen molar-refractivity contribution in [3.8, 4) is 0 Å². The summed E-state index contributed by atoms with van der Waals surface area (Å²) in [4.78, 5) is 0. The Kier molecular flexibility index (Phi) is 1.46. The topological polar surface area (TPSA) is 28.0 Å². The third-order valence-corrected chi connectivity index (χ3v) is 2.13. The van der Waals surface area contributed by atoms with Gasteiger partial charge in [-0.05, 0) is 6.08 Å². The van der Waals surface area contributed by atoms with Gasteiger partial charge in [-0.1, -0.05) is 22.9 Å². The Labute approximate surface area is 70.0 Å². The molecule has 1 atom stereocenters. The van der Waals surface area contributed by atoms with Gasteiger partial charge < -0.3 is 0 Å². The zero-order chi connectivity index (χ0) is 7.84. The maximum atomic E-state index is 5.86. The largest absolute Gasteiger partial charge is 0.268 e. The van der Waals surface area contributed by atoms with Crippen molar-refractivity contribution in [3.05, 3.63) is 22.9 Å². The summed E-state index contributed by atoms with van der Waals surface area (Å²) >= 11 is 5.86. The van der Waals surface area contributed by atoms with Crippen LogP contribution in [-0.4, -0.2) is 18.1 Å². The van der Waals surface area contributed by atoms with Crippen molar-refractivity contribution in [3.63, 3.8) is 0 Å². The Balaban J connectivity index is 2.30. The van der Waals surface area contributed by atoms with Gasteiger partial charge in [0.05, 0.1) is 5.70 Å². The molecule has 2 aliphatic rings. The lowest BCUT2D eigenvalue weighted by Gasteiger charge is -2.16. The number of hydrogen-bond acceptors (Lipinski definition) is 3. The van der Waals surface area contributed by atoms with Gasteiger partial charge in [-0.15, -0.1) is 5.11 Å². The van der Waals surface area contributed by atoms with Crippen LogP contribution in [0.3, 0.4) is 0 Å². The van der Waals surface area contributed by atoms with Crippen LogP contribution in [-0.2, 0) is 0 Å². The van der Waals surface area contributed by atoms with E-state index < -0.39 is 0 Å². The van der Waals surface area contributed by atoms with Gasteiger partial charge in [0, 0.05) is 18.5 Å². The summed E-state index contributed by atoms with van der Waals surface area (Å²) in [6.45, 7) is 0. The normalized spacial score (nSPS) is 28.2. The third kappa shape index (κ3) is 1.05. The number of fused-ring (bicyclic) bond motifs is 1. The SMILES string of the molecule is CN1N=NC2=CCC(Cl)=CC21. The molecule has 0 spiro atoms. The molecule has 0 aromatic rings. The van der Waals surface area contributed by atoms with Gasteiger partial charge in [0.1, 0.15) is 6.04 Å². The highest BCUT2D eigenvalue weighted by Gasteiger charge is 2.24. The predicted octanol–water partition coefficient (Wildman–Crippen LogP) is 2.08. The van der Waals surface area contributed by atoms with E-state index in [4.69, 9.17) is 11.6 Å². The summed E-state index contributed by atoms with van der Waals surface area (Å²) in [5.41, 5.74) is 1.01. The molecule has 2 rings (SSSR count). The van der Waals surface area contributed by atoms with E-state index in [0.717, 1.165) is 17.2 Å². The van der Waals surface area contributed by atoms with Crippen molar-refractivity contribution in [2.45, 2.75) is 12.5 Å². The van der Waals surface area contributed by atoms with Gasteiger partial charge >= 0.3 is 0 Å². The first kappa shape index (κ1) is 6.85. The van der Waals surface area contributed by atoms with E-state index in [1.54, 1.807) is 5.01 Å². The molecule has 0 radical (unpaired) electrons. The standard InChI is InChI=1S/C7H8ClN3/c1-11-7-4-5(8)2-3-6(7)9-10-11/h3-4,7H,2H2,1H3. The van der Waals surface area contributed by atoms with Crippen molar-refractivity contribution in [1.82, 2.24) is 5.01 Å². The Morgan fingerprint density at radius 2 is 2.55 bits per heavy atom. The summed E-state index contributed by atoms with van der Waals surface area (Å²) in [6.07, 6.45) is 4.79. The third-order valence-electron chi connectivity index (χ3n) is 1.85. The molecule has 1 unspecified atom stereocenters. The molecule has 1 heterocycles. The number of rotatable bonds is 0. The van der Waals surface area contributed by atoms with Crippen LogP contribution in [0.15, 0.2) is 33.2 Å². The minimum absolute atomic E-state index is 0.177. The van der Waals surface area contributed by atoms with Gasteiger partial charge in [-0.25, -0.2) is 0 Å².